The molecule has 2 aromatic carbocycles. The minimum absolute atomic E-state index is 0.240. The maximum atomic E-state index is 12.4. The Labute approximate surface area is 177 Å². The first-order chi connectivity index (χ1) is 14.8. The van der Waals surface area contributed by atoms with Crippen molar-refractivity contribution < 1.29 is 4.79 Å². The highest BCUT2D eigenvalue weighted by molar-refractivity contribution is 7.22. The average molecular weight is 414 g/mol. The fourth-order valence-corrected chi connectivity index (χ4v) is 4.55. The minimum atomic E-state index is -0.240. The molecular weight excluding hydrogens is 394 g/mol. The summed E-state index contributed by atoms with van der Waals surface area (Å²) in [7, 11) is 0. The third kappa shape index (κ3) is 3.75. The summed E-state index contributed by atoms with van der Waals surface area (Å²) in [6.45, 7) is 0.514. The van der Waals surface area contributed by atoms with E-state index >= 15 is 0 Å². The number of amides is 2. The quantitative estimate of drug-likeness (QED) is 0.370. The Hall–Kier alpha value is -3.71. The second kappa shape index (κ2) is 7.96. The lowest BCUT2D eigenvalue weighted by Gasteiger charge is -2.09. The molecule has 30 heavy (non-hydrogen) atoms. The number of urea groups is 1. The van der Waals surface area contributed by atoms with E-state index in [2.05, 4.69) is 44.0 Å². The van der Waals surface area contributed by atoms with Gasteiger partial charge in [0.1, 0.15) is 0 Å². The molecule has 5 rings (SSSR count). The van der Waals surface area contributed by atoms with Gasteiger partial charge in [0.25, 0.3) is 0 Å². The number of nitrogens with one attached hydrogen (secondary N) is 3. The van der Waals surface area contributed by atoms with Crippen LogP contribution in [0.15, 0.2) is 73.1 Å². The van der Waals surface area contributed by atoms with E-state index in [1.54, 1.807) is 23.7 Å². The summed E-state index contributed by atoms with van der Waals surface area (Å²) in [5, 5.41) is 15.3. The Bertz CT molecular complexity index is 1290. The number of carbonyl (C=O) groups is 1. The van der Waals surface area contributed by atoms with Crippen molar-refractivity contribution in [1.82, 2.24) is 20.5 Å². The van der Waals surface area contributed by atoms with Gasteiger partial charge in [0.05, 0.1) is 11.7 Å². The number of aromatic nitrogens is 3. The SMILES string of the molecule is O=C(NCCc1ccccn1)Nc1cc(-c2cc3ccccc3s2)c2[nH]ncc2c1. The van der Waals surface area contributed by atoms with E-state index in [-0.39, 0.29) is 6.03 Å². The molecule has 5 aromatic rings. The number of hydrogen-bond donors (Lipinski definition) is 3. The molecule has 0 aliphatic carbocycles. The zero-order valence-electron chi connectivity index (χ0n) is 16.1. The van der Waals surface area contributed by atoms with Crippen LogP contribution in [0.1, 0.15) is 5.69 Å². The molecular formula is C23H19N5OS. The Morgan fingerprint density at radius 2 is 1.93 bits per heavy atom. The number of nitrogens with zero attached hydrogens (tertiary/aromatic N) is 2. The van der Waals surface area contributed by atoms with Crippen LogP contribution in [0.4, 0.5) is 10.5 Å². The van der Waals surface area contributed by atoms with Crippen LogP contribution >= 0.6 is 11.3 Å². The van der Waals surface area contributed by atoms with Crippen LogP contribution in [0.5, 0.6) is 0 Å². The van der Waals surface area contributed by atoms with Crippen LogP contribution in [0.3, 0.4) is 0 Å². The van der Waals surface area contributed by atoms with Gasteiger partial charge in [-0.2, -0.15) is 5.10 Å². The predicted molar refractivity (Wildman–Crippen MR) is 122 cm³/mol. The van der Waals surface area contributed by atoms with Crippen molar-refractivity contribution in [2.45, 2.75) is 6.42 Å². The smallest absolute Gasteiger partial charge is 0.319 e. The minimum Gasteiger partial charge on any atom is -0.337 e. The first-order valence-corrected chi connectivity index (χ1v) is 10.5. The maximum absolute atomic E-state index is 12.4. The molecule has 2 amide bonds. The zero-order valence-corrected chi connectivity index (χ0v) is 16.9. The van der Waals surface area contributed by atoms with E-state index in [9.17, 15) is 4.79 Å². The van der Waals surface area contributed by atoms with Crippen molar-refractivity contribution >= 4 is 44.0 Å². The maximum Gasteiger partial charge on any atom is 0.319 e. The molecule has 0 radical (unpaired) electrons. The summed E-state index contributed by atoms with van der Waals surface area (Å²) in [5.41, 5.74) is 3.66. The van der Waals surface area contributed by atoms with Gasteiger partial charge in [-0.05, 0) is 41.8 Å². The van der Waals surface area contributed by atoms with Crippen molar-refractivity contribution in [2.24, 2.45) is 0 Å². The van der Waals surface area contributed by atoms with Gasteiger partial charge in [0.15, 0.2) is 0 Å². The van der Waals surface area contributed by atoms with Gasteiger partial charge in [0, 0.05) is 51.1 Å². The predicted octanol–water partition coefficient (Wildman–Crippen LogP) is 5.20. The molecule has 6 nitrogen and oxygen atoms in total. The van der Waals surface area contributed by atoms with Crippen molar-refractivity contribution in [3.63, 3.8) is 0 Å². The largest absolute Gasteiger partial charge is 0.337 e. The summed E-state index contributed by atoms with van der Waals surface area (Å²) in [5.74, 6) is 0. The van der Waals surface area contributed by atoms with Crippen molar-refractivity contribution in [3.8, 4) is 10.4 Å². The van der Waals surface area contributed by atoms with Crippen LogP contribution < -0.4 is 10.6 Å². The van der Waals surface area contributed by atoms with Crippen LogP contribution in [0.25, 0.3) is 31.4 Å². The first kappa shape index (κ1) is 18.3. The fourth-order valence-electron chi connectivity index (χ4n) is 3.46. The zero-order chi connectivity index (χ0) is 20.3. The summed E-state index contributed by atoms with van der Waals surface area (Å²) in [6, 6.07) is 19.9. The summed E-state index contributed by atoms with van der Waals surface area (Å²) in [6.07, 6.45) is 4.21. The molecule has 0 aliphatic heterocycles. The molecule has 3 heterocycles. The van der Waals surface area contributed by atoms with Gasteiger partial charge < -0.3 is 10.6 Å². The van der Waals surface area contributed by atoms with E-state index in [0.29, 0.717) is 13.0 Å². The number of hydrogen-bond acceptors (Lipinski definition) is 4. The molecule has 0 saturated carbocycles. The van der Waals surface area contributed by atoms with E-state index in [1.165, 1.54) is 10.1 Å². The topological polar surface area (TPSA) is 82.7 Å². The Kier molecular flexibility index (Phi) is 4.86. The fraction of sp³-hybridized carbons (Fsp3) is 0.0870. The van der Waals surface area contributed by atoms with Gasteiger partial charge in [-0.15, -0.1) is 11.3 Å². The van der Waals surface area contributed by atoms with E-state index in [0.717, 1.165) is 32.7 Å². The second-order valence-electron chi connectivity index (χ2n) is 6.96. The number of aromatic amines is 1. The van der Waals surface area contributed by atoms with Gasteiger partial charge in [-0.1, -0.05) is 24.3 Å². The molecule has 0 aliphatic rings. The summed E-state index contributed by atoms with van der Waals surface area (Å²) in [4.78, 5) is 17.8. The number of benzene rings is 2. The molecule has 148 valence electrons. The standard InChI is InChI=1S/C23H19N5OS/c29-23(25-10-8-17-6-3-4-9-24-17)27-18-11-16-14-26-28-22(16)19(13-18)21-12-15-5-1-2-7-20(15)30-21/h1-7,9,11-14H,8,10H2,(H,26,28)(H2,25,27,29). The number of H-pyrrole nitrogens is 1. The lowest BCUT2D eigenvalue weighted by atomic mass is 10.1. The molecule has 7 heteroatoms. The van der Waals surface area contributed by atoms with Gasteiger partial charge in [-0.25, -0.2) is 4.79 Å². The monoisotopic (exact) mass is 413 g/mol. The third-order valence-corrected chi connectivity index (χ3v) is 6.04. The molecule has 0 fully saturated rings. The van der Waals surface area contributed by atoms with Crippen LogP contribution in [0.2, 0.25) is 0 Å². The van der Waals surface area contributed by atoms with E-state index in [4.69, 9.17) is 0 Å². The highest BCUT2D eigenvalue weighted by Gasteiger charge is 2.12. The van der Waals surface area contributed by atoms with Crippen LogP contribution in [-0.2, 0) is 6.42 Å². The highest BCUT2D eigenvalue weighted by atomic mass is 32.1. The van der Waals surface area contributed by atoms with Gasteiger partial charge in [-0.3, -0.25) is 10.1 Å². The van der Waals surface area contributed by atoms with Gasteiger partial charge in [0.2, 0.25) is 0 Å². The van der Waals surface area contributed by atoms with E-state index in [1.807, 2.05) is 42.5 Å². The van der Waals surface area contributed by atoms with Gasteiger partial charge >= 0.3 is 6.03 Å². The first-order valence-electron chi connectivity index (χ1n) is 9.67. The molecule has 0 unspecified atom stereocenters. The number of rotatable bonds is 5. The van der Waals surface area contributed by atoms with Crippen LogP contribution in [0, 0.1) is 0 Å². The summed E-state index contributed by atoms with van der Waals surface area (Å²) >= 11 is 1.72. The Morgan fingerprint density at radius 1 is 1.03 bits per heavy atom. The second-order valence-corrected chi connectivity index (χ2v) is 8.04. The Morgan fingerprint density at radius 3 is 2.80 bits per heavy atom. The Balaban J connectivity index is 1.36. The third-order valence-electron chi connectivity index (χ3n) is 4.89. The number of thiophene rings is 1. The number of anilines is 1. The normalized spacial score (nSPS) is 11.1. The number of fused-ring (bicyclic) bond motifs is 2. The molecule has 0 spiro atoms. The number of carbonyl (C=O) groups excluding carboxylic acids is 1. The van der Waals surface area contributed by atoms with Crippen LogP contribution in [-0.4, -0.2) is 27.8 Å². The average Bonchev–Trinajstić information content (AvgIpc) is 3.40. The van der Waals surface area contributed by atoms with Crippen molar-refractivity contribution in [1.29, 1.82) is 0 Å². The molecule has 0 bridgehead atoms. The van der Waals surface area contributed by atoms with E-state index < -0.39 is 0 Å². The van der Waals surface area contributed by atoms with Crippen molar-refractivity contribution in [2.75, 3.05) is 11.9 Å². The number of pyridine rings is 1. The highest BCUT2D eigenvalue weighted by Crippen LogP contribution is 2.38. The molecule has 3 aromatic heterocycles. The lowest BCUT2D eigenvalue weighted by molar-refractivity contribution is 0.252. The molecule has 0 saturated heterocycles. The molecule has 0 atom stereocenters. The van der Waals surface area contributed by atoms with Crippen molar-refractivity contribution in [3.05, 3.63) is 78.8 Å². The summed E-state index contributed by atoms with van der Waals surface area (Å²) < 4.78 is 1.23. The molecule has 3 N–H and O–H groups in total. The lowest BCUT2D eigenvalue weighted by Crippen LogP contribution is -2.30.